The first kappa shape index (κ1) is 111. The van der Waals surface area contributed by atoms with Gasteiger partial charge < -0.3 is 83.8 Å². The van der Waals surface area contributed by atoms with Gasteiger partial charge in [0.25, 0.3) is 15.6 Å². The first-order chi connectivity index (χ1) is 51.5. The molecule has 0 aliphatic rings. The summed E-state index contributed by atoms with van der Waals surface area (Å²) in [7, 11) is -9.95. The molecule has 0 aromatic carbocycles. The number of unbranched alkanes of at least 4 members (excludes halogenated alkanes) is 42. The van der Waals surface area contributed by atoms with Gasteiger partial charge in [-0.3, -0.25) is 13.9 Å². The third-order valence-electron chi connectivity index (χ3n) is 19.2. The minimum absolute atomic E-state index is 0. The van der Waals surface area contributed by atoms with Crippen molar-refractivity contribution >= 4 is 39.7 Å². The number of urea groups is 3. The number of carbonyl (C=O) groups is 4. The molecule has 0 aliphatic heterocycles. The molecule has 0 aliphatic carbocycles. The van der Waals surface area contributed by atoms with E-state index in [1.54, 1.807) is 0 Å². The number of aliphatic hydroxyl groups excluding tert-OH is 1. The first-order valence-corrected chi connectivity index (χ1v) is 46.4. The Bertz CT molecular complexity index is 2080. The third kappa shape index (κ3) is 80.5. The number of hydrogen-bond donors (Lipinski definition) is 7. The Morgan fingerprint density at radius 3 is 0.963 bits per heavy atom. The largest absolute Gasteiger partial charge is 1.00 e. The second-order valence-electron chi connectivity index (χ2n) is 29.5. The van der Waals surface area contributed by atoms with Crippen LogP contribution in [0, 0.1) is 0 Å². The minimum atomic E-state index is -4.98. The van der Waals surface area contributed by atoms with Gasteiger partial charge >= 0.3 is 83.2 Å². The summed E-state index contributed by atoms with van der Waals surface area (Å²) in [4.78, 5) is 78.1. The summed E-state index contributed by atoms with van der Waals surface area (Å²) in [6.45, 7) is 11.8. The van der Waals surface area contributed by atoms with E-state index >= 15 is 0 Å². The van der Waals surface area contributed by atoms with E-state index < -0.39 is 78.5 Å². The minimum Gasteiger partial charge on any atom is -0.756 e. The smallest absolute Gasteiger partial charge is 0.756 e. The zero-order chi connectivity index (χ0) is 77.8. The van der Waals surface area contributed by atoms with Gasteiger partial charge in [-0.2, -0.15) is 0 Å². The van der Waals surface area contributed by atoms with Gasteiger partial charge in [-0.05, 0) is 57.8 Å². The fraction of sp³-hybridized carbons (Fsp3) is 0.951. The van der Waals surface area contributed by atoms with E-state index in [1.807, 2.05) is 0 Å². The number of ether oxygens (including phenoxy) is 4. The Morgan fingerprint density at radius 2 is 0.611 bits per heavy atom. The van der Waals surface area contributed by atoms with Gasteiger partial charge in [0.2, 0.25) is 0 Å². The molecule has 0 fully saturated rings. The molecule has 0 aromatic rings. The van der Waals surface area contributed by atoms with Crippen LogP contribution in [0.25, 0.3) is 0 Å². The van der Waals surface area contributed by atoms with E-state index in [1.165, 1.54) is 154 Å². The molecule has 0 heterocycles. The molecule has 7 atom stereocenters. The molecule has 0 bridgehead atoms. The summed E-state index contributed by atoms with van der Waals surface area (Å²) in [6, 6.07) is -3.57. The van der Waals surface area contributed by atoms with Crippen LogP contribution in [0.15, 0.2) is 0 Å². The third-order valence-corrected chi connectivity index (χ3v) is 21.1. The summed E-state index contributed by atoms with van der Waals surface area (Å²) < 4.78 is 70.9. The topological polar surface area (TPSA) is 315 Å². The zero-order valence-corrected chi connectivity index (χ0v) is 76.2. The maximum Gasteiger partial charge on any atom is 1.00 e. The van der Waals surface area contributed by atoms with Crippen LogP contribution in [0.2, 0.25) is 0 Å². The normalized spacial score (nSPS) is 13.9. The summed E-state index contributed by atoms with van der Waals surface area (Å²) in [5.41, 5.74) is 0. The first-order valence-electron chi connectivity index (χ1n) is 43.5. The van der Waals surface area contributed by atoms with E-state index in [2.05, 4.69) is 73.4 Å². The maximum atomic E-state index is 13.2. The predicted octanol–water partition coefficient (Wildman–Crippen LogP) is 13.5. The molecular formula is C81H162N6Na2O17P2. The van der Waals surface area contributed by atoms with Gasteiger partial charge in [-0.25, -0.2) is 14.4 Å². The van der Waals surface area contributed by atoms with Crippen LogP contribution in [-0.2, 0) is 51.0 Å². The number of aliphatic hydroxyl groups is 1. The molecule has 7 unspecified atom stereocenters. The van der Waals surface area contributed by atoms with Crippen LogP contribution in [-0.4, -0.2) is 139 Å². The quantitative estimate of drug-likeness (QED) is 0.00978. The molecule has 108 heavy (non-hydrogen) atoms. The van der Waals surface area contributed by atoms with Crippen LogP contribution in [0.4, 0.5) is 14.4 Å². The molecule has 23 nitrogen and oxygen atoms in total. The number of esters is 1. The molecule has 630 valence electrons. The summed E-state index contributed by atoms with van der Waals surface area (Å²) in [5, 5.41) is 27.1. The number of phosphoric ester groups is 2. The van der Waals surface area contributed by atoms with Crippen molar-refractivity contribution in [2.75, 3.05) is 79.0 Å². The second kappa shape index (κ2) is 84.3. The van der Waals surface area contributed by atoms with Crippen molar-refractivity contribution in [2.45, 2.75) is 419 Å². The number of nitrogens with one attached hydrogen (secondary N) is 6. The van der Waals surface area contributed by atoms with Crippen LogP contribution in [0.1, 0.15) is 388 Å². The monoisotopic (exact) mass is 1600 g/mol. The Kier molecular flexibility index (Phi) is 87.0. The molecule has 6 amide bonds. The van der Waals surface area contributed by atoms with Crippen molar-refractivity contribution < 1.29 is 139 Å². The van der Waals surface area contributed by atoms with Gasteiger partial charge in [0.15, 0.2) is 6.29 Å². The van der Waals surface area contributed by atoms with E-state index in [4.69, 9.17) is 37.0 Å². The van der Waals surface area contributed by atoms with Gasteiger partial charge in [0.1, 0.15) is 6.10 Å². The average molecular weight is 1600 g/mol. The van der Waals surface area contributed by atoms with Crippen molar-refractivity contribution in [2.24, 2.45) is 0 Å². The maximum absolute atomic E-state index is 13.2. The molecule has 0 aromatic heterocycles. The summed E-state index contributed by atoms with van der Waals surface area (Å²) in [5.74, 6) is -0.211. The van der Waals surface area contributed by atoms with Crippen molar-refractivity contribution in [1.82, 2.24) is 31.9 Å². The molecule has 0 saturated heterocycles. The standard InChI is InChI=1S/C81H164N6O17P2.2Na/c1-7-13-19-25-29-33-37-41-47-53-61-82-80(91)86-73(69-97-65-59-75(55-49-43-23-17-11-5)103-77(88)57-51-45-39-35-31-27-21-15-9-3)71-101-105(93,94)99-67-63-84-79(90)85-64-68-100-106(95,96)102-72-74(87-81(92)83-62-54-48-42-38-34-30-26-20-14-8-2)70-98-66-60-76(56-50-44-24-18-12-6)104-78(89)58-52-46-40-36-32-28-22-16-10-4;;/h73-77,88H,7-72H2,1-6H3,(H,93,94)(H,95,96)(H2,82,86,91)(H2,83,87,92)(H2,84,85,90);;/q;2*+1/p-2. The van der Waals surface area contributed by atoms with Crippen LogP contribution in [0.5, 0.6) is 0 Å². The fourth-order valence-electron chi connectivity index (χ4n) is 12.6. The van der Waals surface area contributed by atoms with Crippen molar-refractivity contribution in [3.05, 3.63) is 0 Å². The Morgan fingerprint density at radius 1 is 0.324 bits per heavy atom. The molecule has 27 heteroatoms. The molecule has 7 N–H and O–H groups in total. The van der Waals surface area contributed by atoms with Crippen LogP contribution < -0.4 is 101 Å². The number of rotatable bonds is 83. The van der Waals surface area contributed by atoms with E-state index in [-0.39, 0.29) is 117 Å². The predicted molar refractivity (Wildman–Crippen MR) is 427 cm³/mol. The molecule has 0 rings (SSSR count). The second-order valence-corrected chi connectivity index (χ2v) is 32.4. The van der Waals surface area contributed by atoms with Gasteiger partial charge in [-0.15, -0.1) is 0 Å². The van der Waals surface area contributed by atoms with Crippen LogP contribution >= 0.6 is 15.6 Å². The zero-order valence-electron chi connectivity index (χ0n) is 70.4. The van der Waals surface area contributed by atoms with Crippen molar-refractivity contribution in [1.29, 1.82) is 0 Å². The van der Waals surface area contributed by atoms with Crippen molar-refractivity contribution in [3.8, 4) is 0 Å². The van der Waals surface area contributed by atoms with E-state index in [0.717, 1.165) is 161 Å². The molecule has 0 spiro atoms. The van der Waals surface area contributed by atoms with Crippen molar-refractivity contribution in [3.63, 3.8) is 0 Å². The molecule has 0 saturated carbocycles. The summed E-state index contributed by atoms with van der Waals surface area (Å²) in [6.07, 6.45) is 56.7. The number of amides is 6. The van der Waals surface area contributed by atoms with Gasteiger partial charge in [0, 0.05) is 45.6 Å². The fourth-order valence-corrected chi connectivity index (χ4v) is 14.1. The average Bonchev–Trinajstić information content (AvgIpc) is 0.915. The van der Waals surface area contributed by atoms with Crippen LogP contribution in [0.3, 0.4) is 0 Å². The molecular weight excluding hydrogens is 1440 g/mol. The molecule has 0 radical (unpaired) electrons. The SMILES string of the molecule is CCCCCCCCCCCCNC(=O)NC(COCCC(CCCCCCC)OC(=O)CCCCCCCCCCC)COP(=O)([O-])OCCNC(=O)NCCOP(=O)([O-])OCC(COCCC(CCCCCCC)OC(O)CCCCCCCCCCC)NC(=O)NCCCCCCCCCCCC.[Na+].[Na+]. The van der Waals surface area contributed by atoms with Gasteiger partial charge in [0.05, 0.1) is 64.4 Å². The summed E-state index contributed by atoms with van der Waals surface area (Å²) >= 11 is 0. The Labute approximate surface area is 703 Å². The number of phosphoric acid groups is 2. The van der Waals surface area contributed by atoms with E-state index in [9.17, 15) is 43.2 Å². The van der Waals surface area contributed by atoms with Gasteiger partial charge in [-0.1, -0.05) is 318 Å². The Hall–Kier alpha value is -0.660. The van der Waals surface area contributed by atoms with E-state index in [0.29, 0.717) is 45.2 Å². The number of carbonyl (C=O) groups excluding carboxylic acids is 4. The Balaban J connectivity index is -0.0000551. The number of hydrogen-bond acceptors (Lipinski definition) is 17.